The lowest BCUT2D eigenvalue weighted by Gasteiger charge is -2.35. The van der Waals surface area contributed by atoms with Gasteiger partial charge in [0.15, 0.2) is 0 Å². The van der Waals surface area contributed by atoms with Crippen molar-refractivity contribution in [2.45, 2.75) is 57.8 Å². The second-order valence-corrected chi connectivity index (χ2v) is 7.52. The molecule has 0 spiro atoms. The highest BCUT2D eigenvalue weighted by Crippen LogP contribution is 2.54. The Labute approximate surface area is 118 Å². The number of rotatable bonds is 7. The highest BCUT2D eigenvalue weighted by Gasteiger charge is 2.44. The number of nitrogens with one attached hydrogen (secondary N) is 1. The number of methoxy groups -OCH3 is 1. The predicted molar refractivity (Wildman–Crippen MR) is 79.2 cm³/mol. The number of hydrogen-bond donors (Lipinski definition) is 1. The van der Waals surface area contributed by atoms with Crippen molar-refractivity contribution in [1.29, 1.82) is 0 Å². The topological polar surface area (TPSA) is 21.3 Å². The van der Waals surface area contributed by atoms with Crippen LogP contribution >= 0.6 is 0 Å². The van der Waals surface area contributed by atoms with Gasteiger partial charge in [-0.1, -0.05) is 19.3 Å². The first-order valence-corrected chi connectivity index (χ1v) is 8.51. The van der Waals surface area contributed by atoms with Gasteiger partial charge in [-0.3, -0.25) is 0 Å². The average Bonchev–Trinajstić information content (AvgIpc) is 3.12. The van der Waals surface area contributed by atoms with Crippen molar-refractivity contribution in [2.75, 3.05) is 26.8 Å². The van der Waals surface area contributed by atoms with E-state index in [4.69, 9.17) is 4.74 Å². The first-order chi connectivity index (χ1) is 9.31. The molecule has 2 bridgehead atoms. The van der Waals surface area contributed by atoms with Crippen molar-refractivity contribution in [2.24, 2.45) is 23.2 Å². The molecule has 3 atom stereocenters. The molecule has 3 aliphatic rings. The van der Waals surface area contributed by atoms with Crippen LogP contribution in [-0.2, 0) is 4.74 Å². The van der Waals surface area contributed by atoms with Crippen molar-refractivity contribution in [3.05, 3.63) is 0 Å². The monoisotopic (exact) mass is 265 g/mol. The molecule has 3 aliphatic carbocycles. The van der Waals surface area contributed by atoms with Gasteiger partial charge in [0.05, 0.1) is 6.61 Å². The van der Waals surface area contributed by atoms with Crippen LogP contribution < -0.4 is 5.32 Å². The molecule has 19 heavy (non-hydrogen) atoms. The summed E-state index contributed by atoms with van der Waals surface area (Å²) >= 11 is 0. The van der Waals surface area contributed by atoms with Crippen LogP contribution in [0.2, 0.25) is 0 Å². The Morgan fingerprint density at radius 2 is 2.00 bits per heavy atom. The van der Waals surface area contributed by atoms with Crippen LogP contribution in [-0.4, -0.2) is 26.8 Å². The molecule has 3 fully saturated rings. The molecular weight excluding hydrogens is 234 g/mol. The van der Waals surface area contributed by atoms with E-state index in [1.54, 1.807) is 32.8 Å². The Hall–Kier alpha value is -0.0800. The van der Waals surface area contributed by atoms with Crippen LogP contribution in [0.5, 0.6) is 0 Å². The summed E-state index contributed by atoms with van der Waals surface area (Å²) in [5.41, 5.74) is 0.642. The predicted octanol–water partition coefficient (Wildman–Crippen LogP) is 3.61. The molecule has 0 amide bonds. The highest BCUT2D eigenvalue weighted by molar-refractivity contribution is 4.96. The van der Waals surface area contributed by atoms with Gasteiger partial charge in [-0.25, -0.2) is 0 Å². The van der Waals surface area contributed by atoms with E-state index in [1.807, 2.05) is 0 Å². The van der Waals surface area contributed by atoms with E-state index >= 15 is 0 Å². The number of fused-ring (bicyclic) bond motifs is 2. The van der Waals surface area contributed by atoms with Crippen molar-refractivity contribution in [1.82, 2.24) is 5.32 Å². The lowest BCUT2D eigenvalue weighted by Crippen LogP contribution is -2.36. The van der Waals surface area contributed by atoms with Crippen LogP contribution in [0.1, 0.15) is 57.8 Å². The zero-order valence-electron chi connectivity index (χ0n) is 12.6. The maximum Gasteiger partial charge on any atom is 0.0587 e. The molecule has 2 nitrogen and oxygen atoms in total. The lowest BCUT2D eigenvalue weighted by atomic mass is 9.73. The molecule has 0 radical (unpaired) electrons. The number of hydrogen-bond acceptors (Lipinski definition) is 2. The molecule has 2 heteroatoms. The van der Waals surface area contributed by atoms with E-state index in [2.05, 4.69) is 5.32 Å². The molecule has 0 saturated heterocycles. The van der Waals surface area contributed by atoms with E-state index in [0.29, 0.717) is 5.41 Å². The first kappa shape index (κ1) is 13.9. The minimum absolute atomic E-state index is 0.642. The quantitative estimate of drug-likeness (QED) is 0.710. The third-order valence-corrected chi connectivity index (χ3v) is 6.23. The summed E-state index contributed by atoms with van der Waals surface area (Å²) in [6.07, 6.45) is 13.6. The minimum atomic E-state index is 0.642. The fourth-order valence-corrected chi connectivity index (χ4v) is 5.29. The molecule has 1 N–H and O–H groups in total. The van der Waals surface area contributed by atoms with Crippen molar-refractivity contribution < 1.29 is 4.74 Å². The van der Waals surface area contributed by atoms with Gasteiger partial charge in [-0.05, 0) is 61.7 Å². The minimum Gasteiger partial charge on any atom is -0.383 e. The molecule has 0 aliphatic heterocycles. The summed E-state index contributed by atoms with van der Waals surface area (Å²) in [7, 11) is 1.79. The van der Waals surface area contributed by atoms with E-state index in [0.717, 1.165) is 30.9 Å². The lowest BCUT2D eigenvalue weighted by molar-refractivity contribution is 0.158. The van der Waals surface area contributed by atoms with Gasteiger partial charge in [0.25, 0.3) is 0 Å². The second-order valence-electron chi connectivity index (χ2n) is 7.52. The van der Waals surface area contributed by atoms with Crippen LogP contribution in [0.3, 0.4) is 0 Å². The molecule has 0 heterocycles. The zero-order valence-corrected chi connectivity index (χ0v) is 12.6. The van der Waals surface area contributed by atoms with E-state index in [9.17, 15) is 0 Å². The summed E-state index contributed by atoms with van der Waals surface area (Å²) in [6.45, 7) is 3.11. The molecule has 3 saturated carbocycles. The van der Waals surface area contributed by atoms with E-state index in [-0.39, 0.29) is 0 Å². The maximum atomic E-state index is 5.15. The van der Waals surface area contributed by atoms with Gasteiger partial charge >= 0.3 is 0 Å². The van der Waals surface area contributed by atoms with Gasteiger partial charge in [0.2, 0.25) is 0 Å². The third-order valence-electron chi connectivity index (χ3n) is 6.23. The zero-order chi connectivity index (χ0) is 13.1. The van der Waals surface area contributed by atoms with Crippen LogP contribution in [0.4, 0.5) is 0 Å². The first-order valence-electron chi connectivity index (χ1n) is 8.51. The fraction of sp³-hybridized carbons (Fsp3) is 1.00. The fourth-order valence-electron chi connectivity index (χ4n) is 5.29. The Morgan fingerprint density at radius 1 is 1.16 bits per heavy atom. The Balaban J connectivity index is 1.51. The molecule has 0 aromatic carbocycles. The smallest absolute Gasteiger partial charge is 0.0587 e. The molecule has 3 rings (SSSR count). The Kier molecular flexibility index (Phi) is 4.48. The SMILES string of the molecule is COCCNCC1(CC2CC3CCC2C3)CCCC1. The maximum absolute atomic E-state index is 5.15. The third kappa shape index (κ3) is 3.16. The van der Waals surface area contributed by atoms with Crippen LogP contribution in [0.25, 0.3) is 0 Å². The van der Waals surface area contributed by atoms with Gasteiger partial charge in [-0.15, -0.1) is 0 Å². The summed E-state index contributed by atoms with van der Waals surface area (Å²) in [5.74, 6) is 3.28. The summed E-state index contributed by atoms with van der Waals surface area (Å²) in [6, 6.07) is 0. The van der Waals surface area contributed by atoms with Crippen molar-refractivity contribution >= 4 is 0 Å². The molecular formula is C17H31NO. The molecule has 0 aromatic heterocycles. The largest absolute Gasteiger partial charge is 0.383 e. The molecule has 3 unspecified atom stereocenters. The van der Waals surface area contributed by atoms with E-state index in [1.165, 1.54) is 38.6 Å². The highest BCUT2D eigenvalue weighted by atomic mass is 16.5. The molecule has 0 aromatic rings. The van der Waals surface area contributed by atoms with E-state index < -0.39 is 0 Å². The van der Waals surface area contributed by atoms with Gasteiger partial charge in [-0.2, -0.15) is 0 Å². The molecule has 110 valence electrons. The summed E-state index contributed by atoms with van der Waals surface area (Å²) in [5, 5.41) is 3.66. The second kappa shape index (κ2) is 6.13. The number of ether oxygens (including phenoxy) is 1. The van der Waals surface area contributed by atoms with Gasteiger partial charge in [0.1, 0.15) is 0 Å². The van der Waals surface area contributed by atoms with Crippen LogP contribution in [0, 0.1) is 23.2 Å². The Morgan fingerprint density at radius 3 is 2.63 bits per heavy atom. The van der Waals surface area contributed by atoms with Gasteiger partial charge < -0.3 is 10.1 Å². The van der Waals surface area contributed by atoms with Gasteiger partial charge in [0, 0.05) is 20.2 Å². The summed E-state index contributed by atoms with van der Waals surface area (Å²) in [4.78, 5) is 0. The average molecular weight is 265 g/mol. The standard InChI is InChI=1S/C17H31NO/c1-19-9-8-18-13-17(6-2-3-7-17)12-16-11-14-4-5-15(16)10-14/h14-16,18H,2-13H2,1H3. The summed E-state index contributed by atoms with van der Waals surface area (Å²) < 4.78 is 5.15. The van der Waals surface area contributed by atoms with Crippen molar-refractivity contribution in [3.8, 4) is 0 Å². The Bertz CT molecular complexity index is 285. The van der Waals surface area contributed by atoms with Crippen LogP contribution in [0.15, 0.2) is 0 Å². The van der Waals surface area contributed by atoms with Crippen molar-refractivity contribution in [3.63, 3.8) is 0 Å². The normalized spacial score (nSPS) is 36.2.